The highest BCUT2D eigenvalue weighted by atomic mass is 16.4. The van der Waals surface area contributed by atoms with E-state index < -0.39 is 35.4 Å². The van der Waals surface area contributed by atoms with E-state index in [0.29, 0.717) is 44.2 Å². The molecule has 2 aromatic heterocycles. The molecule has 0 saturated carbocycles. The molecule has 15 nitrogen and oxygen atoms in total. The number of aromatic hydroxyl groups is 2. The quantitative estimate of drug-likeness (QED) is 0.104. The lowest BCUT2D eigenvalue weighted by Gasteiger charge is -2.31. The number of unbranched alkanes of at least 4 members (excludes halogenated alkanes) is 1. The van der Waals surface area contributed by atoms with Crippen LogP contribution in [0.2, 0.25) is 0 Å². The number of hydrogen-bond donors (Lipinski definition) is 5. The molecule has 4 rings (SSSR count). The highest BCUT2D eigenvalue weighted by molar-refractivity contribution is 6.00. The molecule has 1 aliphatic heterocycles. The van der Waals surface area contributed by atoms with Gasteiger partial charge >= 0.3 is 0 Å². The summed E-state index contributed by atoms with van der Waals surface area (Å²) in [7, 11) is 0. The number of hydrogen-bond acceptors (Lipinski definition) is 11. The Morgan fingerprint density at radius 1 is 0.943 bits per heavy atom. The van der Waals surface area contributed by atoms with Gasteiger partial charge in [0, 0.05) is 24.1 Å². The Bertz CT molecular complexity index is 1770. The SMILES string of the molecule is Cc1cc(O)cc(-c2nnc(C(=O)[C@@H](NC(=O)[C@@H]3CCCN3C(=O)[C@@H](NC(=O)CCCCC(C)(C)NC(=O)c3ccc(O)cn3)C(C)C)C(C)C)o2)c1. The van der Waals surface area contributed by atoms with Gasteiger partial charge in [0.15, 0.2) is 0 Å². The van der Waals surface area contributed by atoms with Crippen LogP contribution in [0.3, 0.4) is 0 Å². The Hall–Kier alpha value is -5.34. The van der Waals surface area contributed by atoms with Crippen LogP contribution in [0.1, 0.15) is 107 Å². The Balaban J connectivity index is 1.32. The van der Waals surface area contributed by atoms with Gasteiger partial charge < -0.3 is 35.5 Å². The second kappa shape index (κ2) is 17.5. The summed E-state index contributed by atoms with van der Waals surface area (Å²) < 4.78 is 5.66. The van der Waals surface area contributed by atoms with Crippen LogP contribution in [0.15, 0.2) is 40.9 Å². The predicted octanol–water partition coefficient (Wildman–Crippen LogP) is 4.08. The third kappa shape index (κ3) is 10.8. The van der Waals surface area contributed by atoms with Crippen LogP contribution in [0.4, 0.5) is 0 Å². The standard InChI is InChI=1S/C38H51N7O8/c1-21(2)30(32(49)36-44-43-35(53-36)24-17-23(5)18-26(47)19-24)41-34(51)28-11-10-16-45(28)37(52)31(22(3)4)40-29(48)12-8-9-15-38(6,7)42-33(50)27-14-13-25(46)20-39-27/h13-14,17-22,28,30-31,46-47H,8-12,15-16H2,1-7H3,(H,40,48)(H,41,51)(H,42,50)/t28-,30-,31-/m0/s1. The molecule has 1 fully saturated rings. The molecule has 0 radical (unpaired) electrons. The molecule has 286 valence electrons. The highest BCUT2D eigenvalue weighted by Gasteiger charge is 2.40. The molecule has 0 unspecified atom stereocenters. The average Bonchev–Trinajstić information content (AvgIpc) is 3.78. The first-order valence-electron chi connectivity index (χ1n) is 18.0. The van der Waals surface area contributed by atoms with Crippen LogP contribution in [-0.4, -0.2) is 89.9 Å². The Labute approximate surface area is 309 Å². The Morgan fingerprint density at radius 2 is 1.66 bits per heavy atom. The molecule has 3 aromatic rings. The molecule has 4 amide bonds. The Kier molecular flexibility index (Phi) is 13.3. The molecule has 5 N–H and O–H groups in total. The van der Waals surface area contributed by atoms with Gasteiger partial charge in [-0.15, -0.1) is 10.2 Å². The summed E-state index contributed by atoms with van der Waals surface area (Å²) in [4.78, 5) is 72.0. The number of benzene rings is 1. The summed E-state index contributed by atoms with van der Waals surface area (Å²) in [5.41, 5.74) is 0.818. The first-order valence-corrected chi connectivity index (χ1v) is 18.0. The monoisotopic (exact) mass is 733 g/mol. The molecule has 1 aliphatic rings. The first-order chi connectivity index (χ1) is 25.0. The van der Waals surface area contributed by atoms with Crippen LogP contribution >= 0.6 is 0 Å². The summed E-state index contributed by atoms with van der Waals surface area (Å²) in [5, 5.41) is 35.8. The number of nitrogens with zero attached hydrogens (tertiary/aromatic N) is 4. The zero-order valence-electron chi connectivity index (χ0n) is 31.4. The van der Waals surface area contributed by atoms with Crippen molar-refractivity contribution in [2.24, 2.45) is 11.8 Å². The summed E-state index contributed by atoms with van der Waals surface area (Å²) in [6, 6.07) is 4.87. The number of nitrogens with one attached hydrogen (secondary N) is 3. The van der Waals surface area contributed by atoms with Crippen LogP contribution in [-0.2, 0) is 14.4 Å². The number of ketones is 1. The summed E-state index contributed by atoms with van der Waals surface area (Å²) in [6.45, 7) is 13.1. The largest absolute Gasteiger partial charge is 0.508 e. The van der Waals surface area contributed by atoms with Crippen molar-refractivity contribution in [2.75, 3.05) is 6.54 Å². The summed E-state index contributed by atoms with van der Waals surface area (Å²) in [6.07, 6.45) is 4.09. The number of pyridine rings is 1. The van der Waals surface area contributed by atoms with Gasteiger partial charge in [-0.25, -0.2) is 4.98 Å². The van der Waals surface area contributed by atoms with Crippen molar-refractivity contribution in [3.63, 3.8) is 0 Å². The van der Waals surface area contributed by atoms with Crippen molar-refractivity contribution in [3.05, 3.63) is 53.7 Å². The number of carbonyl (C=O) groups is 5. The number of amides is 4. The number of aromatic nitrogens is 3. The number of aryl methyl sites for hydroxylation is 1. The molecule has 53 heavy (non-hydrogen) atoms. The second-order valence-electron chi connectivity index (χ2n) is 15.0. The molecule has 1 aromatic carbocycles. The van der Waals surface area contributed by atoms with E-state index in [4.69, 9.17) is 4.42 Å². The number of phenolic OH excluding ortho intramolecular Hbond substituents is 1. The van der Waals surface area contributed by atoms with Gasteiger partial charge in [0.2, 0.25) is 29.4 Å². The molecule has 0 bridgehead atoms. The van der Waals surface area contributed by atoms with Crippen molar-refractivity contribution < 1.29 is 38.6 Å². The zero-order chi connectivity index (χ0) is 39.0. The van der Waals surface area contributed by atoms with Crippen LogP contribution in [0.25, 0.3) is 11.5 Å². The lowest BCUT2D eigenvalue weighted by atomic mass is 9.96. The van der Waals surface area contributed by atoms with E-state index in [9.17, 15) is 34.2 Å². The summed E-state index contributed by atoms with van der Waals surface area (Å²) in [5.74, 6) is -2.97. The molecular formula is C38H51N7O8. The van der Waals surface area contributed by atoms with E-state index in [0.717, 1.165) is 5.56 Å². The third-order valence-corrected chi connectivity index (χ3v) is 9.17. The maximum absolute atomic E-state index is 13.9. The van der Waals surface area contributed by atoms with Crippen molar-refractivity contribution in [2.45, 2.75) is 111 Å². The zero-order valence-corrected chi connectivity index (χ0v) is 31.4. The fraction of sp³-hybridized carbons (Fsp3) is 0.526. The fourth-order valence-electron chi connectivity index (χ4n) is 6.29. The normalized spacial score (nSPS) is 15.6. The van der Waals surface area contributed by atoms with Gasteiger partial charge in [-0.05, 0) is 94.2 Å². The molecule has 15 heteroatoms. The number of likely N-dealkylation sites (tertiary alicyclic amines) is 1. The van der Waals surface area contributed by atoms with Crippen LogP contribution in [0, 0.1) is 18.8 Å². The van der Waals surface area contributed by atoms with Gasteiger partial charge in [-0.2, -0.15) is 0 Å². The smallest absolute Gasteiger partial charge is 0.286 e. The van der Waals surface area contributed by atoms with Gasteiger partial charge in [0.1, 0.15) is 29.3 Å². The third-order valence-electron chi connectivity index (χ3n) is 9.17. The van der Waals surface area contributed by atoms with E-state index in [1.807, 2.05) is 27.7 Å². The minimum absolute atomic E-state index is 0.0124. The number of phenols is 1. The minimum Gasteiger partial charge on any atom is -0.508 e. The fourth-order valence-corrected chi connectivity index (χ4v) is 6.29. The van der Waals surface area contributed by atoms with Crippen molar-refractivity contribution in [3.8, 4) is 23.0 Å². The van der Waals surface area contributed by atoms with Gasteiger partial charge in [0.05, 0.1) is 12.2 Å². The van der Waals surface area contributed by atoms with Gasteiger partial charge in [-0.1, -0.05) is 34.1 Å². The van der Waals surface area contributed by atoms with E-state index in [2.05, 4.69) is 31.1 Å². The van der Waals surface area contributed by atoms with E-state index in [1.54, 1.807) is 32.9 Å². The predicted molar refractivity (Wildman–Crippen MR) is 195 cm³/mol. The maximum Gasteiger partial charge on any atom is 0.286 e. The second-order valence-corrected chi connectivity index (χ2v) is 15.0. The molecule has 0 aliphatic carbocycles. The molecule has 1 saturated heterocycles. The minimum atomic E-state index is -1.01. The number of carbonyl (C=O) groups excluding carboxylic acids is 5. The number of rotatable bonds is 16. The maximum atomic E-state index is 13.9. The summed E-state index contributed by atoms with van der Waals surface area (Å²) >= 11 is 0. The average molecular weight is 734 g/mol. The molecule has 3 atom stereocenters. The molecular weight excluding hydrogens is 682 g/mol. The molecule has 3 heterocycles. The lowest BCUT2D eigenvalue weighted by Crippen LogP contribution is -2.57. The molecule has 0 spiro atoms. The van der Waals surface area contributed by atoms with Gasteiger partial charge in [-0.3, -0.25) is 24.0 Å². The highest BCUT2D eigenvalue weighted by Crippen LogP contribution is 2.26. The van der Waals surface area contributed by atoms with Gasteiger partial charge in [0.25, 0.3) is 11.8 Å². The van der Waals surface area contributed by atoms with E-state index in [-0.39, 0.29) is 65.0 Å². The topological polar surface area (TPSA) is 217 Å². The van der Waals surface area contributed by atoms with Crippen molar-refractivity contribution in [1.82, 2.24) is 36.0 Å². The van der Waals surface area contributed by atoms with E-state index in [1.165, 1.54) is 29.3 Å². The number of Topliss-reactive ketones (excluding diaryl/α,β-unsaturated/α-hetero) is 1. The van der Waals surface area contributed by atoms with Crippen molar-refractivity contribution >= 4 is 29.4 Å². The van der Waals surface area contributed by atoms with Crippen molar-refractivity contribution in [1.29, 1.82) is 0 Å². The van der Waals surface area contributed by atoms with Crippen LogP contribution < -0.4 is 16.0 Å². The first kappa shape index (κ1) is 40.4. The Morgan fingerprint density at radius 3 is 2.30 bits per heavy atom. The van der Waals surface area contributed by atoms with Crippen LogP contribution in [0.5, 0.6) is 11.5 Å². The lowest BCUT2D eigenvalue weighted by molar-refractivity contribution is -0.142. The van der Waals surface area contributed by atoms with E-state index >= 15 is 0 Å².